The molecule has 1 aromatic heterocycles. The highest BCUT2D eigenvalue weighted by atomic mass is 16.5. The van der Waals surface area contributed by atoms with Crippen LogP contribution in [0.25, 0.3) is 0 Å². The van der Waals surface area contributed by atoms with Crippen molar-refractivity contribution in [3.8, 4) is 0 Å². The second-order valence-electron chi connectivity index (χ2n) is 8.99. The van der Waals surface area contributed by atoms with Gasteiger partial charge in [-0.1, -0.05) is 12.1 Å². The topological polar surface area (TPSA) is 94.7 Å². The average Bonchev–Trinajstić information content (AvgIpc) is 3.10. The number of nitrogens with zero attached hydrogens (tertiary/aromatic N) is 2. The molecule has 1 aliphatic rings. The first-order chi connectivity index (χ1) is 16.1. The fourth-order valence-electron chi connectivity index (χ4n) is 4.47. The molecule has 1 aliphatic heterocycles. The smallest absolute Gasteiger partial charge is 0.340 e. The van der Waals surface area contributed by atoms with Gasteiger partial charge in [-0.15, -0.1) is 0 Å². The number of aromatic nitrogens is 1. The Morgan fingerprint density at radius 1 is 1.06 bits per heavy atom. The molecular formula is C26H36N4O4. The number of amides is 1. The van der Waals surface area contributed by atoms with E-state index in [4.69, 9.17) is 4.74 Å². The highest BCUT2D eigenvalue weighted by molar-refractivity contribution is 6.03. The number of ether oxygens (including phenoxy) is 1. The number of esters is 1. The van der Waals surface area contributed by atoms with Gasteiger partial charge in [0.1, 0.15) is 0 Å². The first kappa shape index (κ1) is 25.6. The van der Waals surface area contributed by atoms with E-state index in [-0.39, 0.29) is 24.3 Å². The molecule has 1 unspecified atom stereocenters. The van der Waals surface area contributed by atoms with Crippen molar-refractivity contribution in [3.63, 3.8) is 0 Å². The monoisotopic (exact) mass is 468 g/mol. The molecule has 2 heterocycles. The van der Waals surface area contributed by atoms with Gasteiger partial charge in [0.2, 0.25) is 5.91 Å². The summed E-state index contributed by atoms with van der Waals surface area (Å²) >= 11 is 0. The van der Waals surface area contributed by atoms with E-state index in [0.29, 0.717) is 55.2 Å². The molecule has 0 bridgehead atoms. The number of carbonyl (C=O) groups excluding carboxylic acids is 3. The van der Waals surface area contributed by atoms with Crippen LogP contribution in [-0.4, -0.2) is 77.8 Å². The number of nitrogens with one attached hydrogen (secondary N) is 2. The van der Waals surface area contributed by atoms with Crippen LogP contribution in [0.4, 0.5) is 5.69 Å². The van der Waals surface area contributed by atoms with E-state index in [1.54, 1.807) is 20.8 Å². The van der Waals surface area contributed by atoms with Crippen LogP contribution in [0.2, 0.25) is 0 Å². The Bertz CT molecular complexity index is 1070. The van der Waals surface area contributed by atoms with Gasteiger partial charge in [-0.05, 0) is 64.3 Å². The lowest BCUT2D eigenvalue weighted by molar-refractivity contribution is -0.117. The van der Waals surface area contributed by atoms with Crippen molar-refractivity contribution >= 4 is 23.3 Å². The van der Waals surface area contributed by atoms with E-state index in [9.17, 15) is 14.4 Å². The molecule has 1 amide bonds. The number of ketones is 1. The minimum absolute atomic E-state index is 0.0322. The first-order valence-electron chi connectivity index (χ1n) is 11.9. The lowest BCUT2D eigenvalue weighted by Crippen LogP contribution is -2.53. The Labute approximate surface area is 201 Å². The molecule has 34 heavy (non-hydrogen) atoms. The van der Waals surface area contributed by atoms with E-state index in [0.717, 1.165) is 16.8 Å². The number of rotatable bonds is 8. The molecule has 0 aliphatic carbocycles. The third-order valence-electron chi connectivity index (χ3n) is 6.74. The van der Waals surface area contributed by atoms with Gasteiger partial charge in [-0.25, -0.2) is 4.79 Å². The summed E-state index contributed by atoms with van der Waals surface area (Å²) in [5.74, 6) is -0.485. The molecule has 8 nitrogen and oxygen atoms in total. The molecule has 0 saturated carbocycles. The van der Waals surface area contributed by atoms with Gasteiger partial charge >= 0.3 is 5.97 Å². The summed E-state index contributed by atoms with van der Waals surface area (Å²) in [7, 11) is 0. The maximum Gasteiger partial charge on any atom is 0.340 e. The third kappa shape index (κ3) is 5.56. The standard InChI is InChI=1S/C26H36N4O4/c1-7-34-26(33)23-18(4)24(27-19(23)5)25(32)20(6)30-13-11-29(12-14-30)15-22(31)28-21-10-8-9-16(2)17(21)3/h8-10,20,27H,7,11-15H2,1-6H3,(H,28,31). The molecule has 2 N–H and O–H groups in total. The maximum atomic E-state index is 13.2. The zero-order valence-electron chi connectivity index (χ0n) is 21.1. The molecule has 2 aromatic rings. The molecule has 1 aromatic carbocycles. The number of piperazine rings is 1. The number of carbonyl (C=O) groups is 3. The van der Waals surface area contributed by atoms with Gasteiger partial charge in [0.25, 0.3) is 0 Å². The number of hydrogen-bond acceptors (Lipinski definition) is 6. The highest BCUT2D eigenvalue weighted by Crippen LogP contribution is 2.22. The Balaban J connectivity index is 1.56. The van der Waals surface area contributed by atoms with Crippen molar-refractivity contribution in [1.29, 1.82) is 0 Å². The van der Waals surface area contributed by atoms with Gasteiger partial charge < -0.3 is 15.0 Å². The van der Waals surface area contributed by atoms with Crippen molar-refractivity contribution in [3.05, 3.63) is 51.8 Å². The van der Waals surface area contributed by atoms with Crippen LogP contribution in [0, 0.1) is 27.7 Å². The summed E-state index contributed by atoms with van der Waals surface area (Å²) < 4.78 is 5.13. The number of aryl methyl sites for hydroxylation is 2. The Hall–Kier alpha value is -2.97. The largest absolute Gasteiger partial charge is 0.462 e. The summed E-state index contributed by atoms with van der Waals surface area (Å²) in [6.07, 6.45) is 0. The predicted molar refractivity (Wildman–Crippen MR) is 133 cm³/mol. The fourth-order valence-corrected chi connectivity index (χ4v) is 4.47. The molecule has 1 saturated heterocycles. The van der Waals surface area contributed by atoms with Crippen molar-refractivity contribution in [2.24, 2.45) is 0 Å². The predicted octanol–water partition coefficient (Wildman–Crippen LogP) is 3.25. The molecule has 8 heteroatoms. The molecule has 3 rings (SSSR count). The lowest BCUT2D eigenvalue weighted by atomic mass is 10.0. The van der Waals surface area contributed by atoms with Crippen molar-refractivity contribution in [1.82, 2.24) is 14.8 Å². The SMILES string of the molecule is CCOC(=O)c1c(C)[nH]c(C(=O)C(C)N2CCN(CC(=O)Nc3cccc(C)c3C)CC2)c1C. The lowest BCUT2D eigenvalue weighted by Gasteiger charge is -2.37. The van der Waals surface area contributed by atoms with Crippen LogP contribution in [0.3, 0.4) is 0 Å². The number of Topliss-reactive ketones (excluding diaryl/α,β-unsaturated/α-hetero) is 1. The molecule has 0 spiro atoms. The van der Waals surface area contributed by atoms with Crippen LogP contribution in [-0.2, 0) is 9.53 Å². The quantitative estimate of drug-likeness (QED) is 0.456. The number of aromatic amines is 1. The zero-order valence-corrected chi connectivity index (χ0v) is 21.1. The van der Waals surface area contributed by atoms with Gasteiger partial charge in [-0.2, -0.15) is 0 Å². The summed E-state index contributed by atoms with van der Waals surface area (Å²) in [6, 6.07) is 5.56. The van der Waals surface area contributed by atoms with E-state index in [1.165, 1.54) is 0 Å². The summed E-state index contributed by atoms with van der Waals surface area (Å²) in [5, 5.41) is 3.01. The van der Waals surface area contributed by atoms with E-state index in [1.807, 2.05) is 39.0 Å². The van der Waals surface area contributed by atoms with Crippen molar-refractivity contribution in [2.45, 2.75) is 47.6 Å². The van der Waals surface area contributed by atoms with E-state index < -0.39 is 5.97 Å². The molecular weight excluding hydrogens is 432 g/mol. The normalized spacial score (nSPS) is 15.7. The Morgan fingerprint density at radius 3 is 2.38 bits per heavy atom. The summed E-state index contributed by atoms with van der Waals surface area (Å²) in [4.78, 5) is 45.4. The van der Waals surface area contributed by atoms with Gasteiger partial charge in [0.05, 0.1) is 30.5 Å². The number of anilines is 1. The third-order valence-corrected chi connectivity index (χ3v) is 6.74. The average molecular weight is 469 g/mol. The van der Waals surface area contributed by atoms with Gasteiger partial charge in [-0.3, -0.25) is 19.4 Å². The first-order valence-corrected chi connectivity index (χ1v) is 11.9. The maximum absolute atomic E-state index is 13.2. The van der Waals surface area contributed by atoms with Crippen molar-refractivity contribution < 1.29 is 19.1 Å². The second kappa shape index (κ2) is 11.0. The fraction of sp³-hybridized carbons (Fsp3) is 0.500. The van der Waals surface area contributed by atoms with Crippen LogP contribution < -0.4 is 5.32 Å². The van der Waals surface area contributed by atoms with Crippen LogP contribution >= 0.6 is 0 Å². The van der Waals surface area contributed by atoms with E-state index >= 15 is 0 Å². The number of H-pyrrole nitrogens is 1. The molecule has 184 valence electrons. The Kier molecular flexibility index (Phi) is 8.28. The molecule has 1 fully saturated rings. The van der Waals surface area contributed by atoms with Crippen LogP contribution in [0.15, 0.2) is 18.2 Å². The minimum atomic E-state index is -0.409. The van der Waals surface area contributed by atoms with Gasteiger partial charge in [0.15, 0.2) is 5.78 Å². The van der Waals surface area contributed by atoms with Crippen LogP contribution in [0.5, 0.6) is 0 Å². The number of hydrogen-bond donors (Lipinski definition) is 2. The van der Waals surface area contributed by atoms with Gasteiger partial charge in [0, 0.05) is 37.6 Å². The second-order valence-corrected chi connectivity index (χ2v) is 8.99. The molecule has 1 atom stereocenters. The Morgan fingerprint density at radius 2 is 1.74 bits per heavy atom. The zero-order chi connectivity index (χ0) is 25.0. The highest BCUT2D eigenvalue weighted by Gasteiger charge is 2.30. The minimum Gasteiger partial charge on any atom is -0.462 e. The van der Waals surface area contributed by atoms with E-state index in [2.05, 4.69) is 20.1 Å². The summed E-state index contributed by atoms with van der Waals surface area (Å²) in [5.41, 5.74) is 5.25. The van der Waals surface area contributed by atoms with Crippen LogP contribution in [0.1, 0.15) is 57.1 Å². The summed E-state index contributed by atoms with van der Waals surface area (Å²) in [6.45, 7) is 14.6. The molecule has 0 radical (unpaired) electrons. The van der Waals surface area contributed by atoms with Crippen molar-refractivity contribution in [2.75, 3.05) is 44.6 Å². The number of benzene rings is 1.